The lowest BCUT2D eigenvalue weighted by Crippen LogP contribution is -2.15. The van der Waals surface area contributed by atoms with E-state index < -0.39 is 0 Å². The van der Waals surface area contributed by atoms with Crippen molar-refractivity contribution in [1.82, 2.24) is 10.3 Å². The quantitative estimate of drug-likeness (QED) is 0.728. The number of anilines is 1. The number of nitrogens with one attached hydrogen (secondary N) is 1. The van der Waals surface area contributed by atoms with Crippen LogP contribution in [0.2, 0.25) is 5.02 Å². The van der Waals surface area contributed by atoms with Crippen LogP contribution >= 0.6 is 11.6 Å². The molecular weight excluding hydrogens is 186 g/mol. The van der Waals surface area contributed by atoms with E-state index in [1.807, 2.05) is 0 Å². The smallest absolute Gasteiger partial charge is 0.123 e. The summed E-state index contributed by atoms with van der Waals surface area (Å²) in [5, 5.41) is 3.88. The number of nitrogens with two attached hydrogens (primary N) is 1. The monoisotopic (exact) mass is 199 g/mol. The number of nitrogen functional groups attached to an aromatic ring is 1. The van der Waals surface area contributed by atoms with Crippen LogP contribution in [0.25, 0.3) is 0 Å². The lowest BCUT2D eigenvalue weighted by molar-refractivity contribution is 0.665. The van der Waals surface area contributed by atoms with E-state index in [1.54, 1.807) is 12.1 Å². The molecule has 0 aliphatic heterocycles. The summed E-state index contributed by atoms with van der Waals surface area (Å²) in [5.74, 6) is 0.512. The van der Waals surface area contributed by atoms with Gasteiger partial charge in [-0.15, -0.1) is 0 Å². The first-order chi connectivity index (χ1) is 6.24. The molecule has 0 aliphatic rings. The van der Waals surface area contributed by atoms with Crippen LogP contribution in [0.5, 0.6) is 0 Å². The van der Waals surface area contributed by atoms with Gasteiger partial charge in [0.2, 0.25) is 0 Å². The van der Waals surface area contributed by atoms with Crippen molar-refractivity contribution in [3.63, 3.8) is 0 Å². The molecule has 1 aromatic rings. The molecule has 13 heavy (non-hydrogen) atoms. The van der Waals surface area contributed by atoms with E-state index in [4.69, 9.17) is 17.3 Å². The molecule has 0 atom stereocenters. The van der Waals surface area contributed by atoms with Crippen molar-refractivity contribution in [3.05, 3.63) is 22.8 Å². The van der Waals surface area contributed by atoms with Crippen LogP contribution in [0.3, 0.4) is 0 Å². The second-order valence-electron chi connectivity index (χ2n) is 2.84. The topological polar surface area (TPSA) is 50.9 Å². The SMILES string of the molecule is CCCNCc1nc(N)ccc1Cl. The van der Waals surface area contributed by atoms with Gasteiger partial charge in [0.25, 0.3) is 0 Å². The second-order valence-corrected chi connectivity index (χ2v) is 3.25. The van der Waals surface area contributed by atoms with E-state index in [0.29, 0.717) is 17.4 Å². The minimum absolute atomic E-state index is 0.512. The normalized spacial score (nSPS) is 10.3. The zero-order valence-electron chi connectivity index (χ0n) is 7.68. The number of hydrogen-bond donors (Lipinski definition) is 2. The highest BCUT2D eigenvalue weighted by Gasteiger charge is 2.00. The molecule has 0 bridgehead atoms. The van der Waals surface area contributed by atoms with Gasteiger partial charge in [-0.2, -0.15) is 0 Å². The fourth-order valence-electron chi connectivity index (χ4n) is 1.01. The van der Waals surface area contributed by atoms with Crippen LogP contribution in [-0.2, 0) is 6.54 Å². The molecule has 1 heterocycles. The zero-order valence-corrected chi connectivity index (χ0v) is 8.43. The molecule has 0 saturated carbocycles. The minimum atomic E-state index is 0.512. The molecule has 0 fully saturated rings. The van der Waals surface area contributed by atoms with Crippen molar-refractivity contribution in [2.24, 2.45) is 0 Å². The summed E-state index contributed by atoms with van der Waals surface area (Å²) in [6, 6.07) is 3.47. The molecule has 0 amide bonds. The van der Waals surface area contributed by atoms with Crippen molar-refractivity contribution in [3.8, 4) is 0 Å². The van der Waals surface area contributed by atoms with Crippen molar-refractivity contribution in [1.29, 1.82) is 0 Å². The maximum absolute atomic E-state index is 5.92. The summed E-state index contributed by atoms with van der Waals surface area (Å²) in [7, 11) is 0. The van der Waals surface area contributed by atoms with E-state index >= 15 is 0 Å². The van der Waals surface area contributed by atoms with Gasteiger partial charge < -0.3 is 11.1 Å². The maximum Gasteiger partial charge on any atom is 0.123 e. The molecule has 3 nitrogen and oxygen atoms in total. The number of hydrogen-bond acceptors (Lipinski definition) is 3. The molecule has 0 aromatic carbocycles. The first kappa shape index (κ1) is 10.3. The molecular formula is C9H14ClN3. The third-order valence-corrected chi connectivity index (χ3v) is 2.00. The van der Waals surface area contributed by atoms with Crippen molar-refractivity contribution < 1.29 is 0 Å². The van der Waals surface area contributed by atoms with Crippen LogP contribution in [-0.4, -0.2) is 11.5 Å². The zero-order chi connectivity index (χ0) is 9.68. The van der Waals surface area contributed by atoms with Gasteiger partial charge in [-0.05, 0) is 25.1 Å². The predicted octanol–water partition coefficient (Wildman–Crippen LogP) is 1.82. The summed E-state index contributed by atoms with van der Waals surface area (Å²) in [5.41, 5.74) is 6.35. The summed E-state index contributed by atoms with van der Waals surface area (Å²) >= 11 is 5.92. The fraction of sp³-hybridized carbons (Fsp3) is 0.444. The average Bonchev–Trinajstić information content (AvgIpc) is 2.11. The van der Waals surface area contributed by atoms with Crippen LogP contribution in [0.1, 0.15) is 19.0 Å². The van der Waals surface area contributed by atoms with Gasteiger partial charge in [0.1, 0.15) is 5.82 Å². The Morgan fingerprint density at radius 2 is 2.31 bits per heavy atom. The lowest BCUT2D eigenvalue weighted by Gasteiger charge is -2.05. The minimum Gasteiger partial charge on any atom is -0.384 e. The Morgan fingerprint density at radius 1 is 1.54 bits per heavy atom. The predicted molar refractivity (Wildman–Crippen MR) is 55.7 cm³/mol. The Hall–Kier alpha value is -0.800. The van der Waals surface area contributed by atoms with Gasteiger partial charge in [-0.1, -0.05) is 18.5 Å². The van der Waals surface area contributed by atoms with Crippen molar-refractivity contribution in [2.75, 3.05) is 12.3 Å². The Balaban J connectivity index is 2.59. The highest BCUT2D eigenvalue weighted by molar-refractivity contribution is 6.31. The van der Waals surface area contributed by atoms with Gasteiger partial charge in [-0.3, -0.25) is 0 Å². The number of rotatable bonds is 4. The van der Waals surface area contributed by atoms with Gasteiger partial charge in [0.15, 0.2) is 0 Å². The van der Waals surface area contributed by atoms with E-state index in [2.05, 4.69) is 17.2 Å². The van der Waals surface area contributed by atoms with E-state index in [9.17, 15) is 0 Å². The maximum atomic E-state index is 5.92. The molecule has 1 aromatic heterocycles. The number of nitrogens with zero attached hydrogens (tertiary/aromatic N) is 1. The number of aromatic nitrogens is 1. The Labute approximate surface area is 83.3 Å². The fourth-order valence-corrected chi connectivity index (χ4v) is 1.18. The van der Waals surface area contributed by atoms with Crippen LogP contribution in [0, 0.1) is 0 Å². The van der Waals surface area contributed by atoms with Crippen molar-refractivity contribution in [2.45, 2.75) is 19.9 Å². The summed E-state index contributed by atoms with van der Waals surface area (Å²) in [6.45, 7) is 3.76. The molecule has 0 saturated heterocycles. The van der Waals surface area contributed by atoms with Crippen molar-refractivity contribution >= 4 is 17.4 Å². The Bertz CT molecular complexity index is 276. The highest BCUT2D eigenvalue weighted by Crippen LogP contribution is 2.14. The second kappa shape index (κ2) is 5.04. The summed E-state index contributed by atoms with van der Waals surface area (Å²) in [4.78, 5) is 4.13. The Kier molecular flexibility index (Phi) is 3.99. The van der Waals surface area contributed by atoms with Gasteiger partial charge in [-0.25, -0.2) is 4.98 Å². The van der Waals surface area contributed by atoms with Crippen LogP contribution < -0.4 is 11.1 Å². The van der Waals surface area contributed by atoms with Crippen LogP contribution in [0.15, 0.2) is 12.1 Å². The van der Waals surface area contributed by atoms with E-state index in [1.165, 1.54) is 0 Å². The molecule has 72 valence electrons. The first-order valence-electron chi connectivity index (χ1n) is 4.35. The van der Waals surface area contributed by atoms with E-state index in [-0.39, 0.29) is 0 Å². The molecule has 0 aliphatic carbocycles. The third kappa shape index (κ3) is 3.20. The van der Waals surface area contributed by atoms with E-state index in [0.717, 1.165) is 18.7 Å². The third-order valence-electron chi connectivity index (χ3n) is 1.66. The van der Waals surface area contributed by atoms with Gasteiger partial charge >= 0.3 is 0 Å². The molecule has 0 radical (unpaired) electrons. The largest absolute Gasteiger partial charge is 0.384 e. The van der Waals surface area contributed by atoms with Gasteiger partial charge in [0, 0.05) is 6.54 Å². The first-order valence-corrected chi connectivity index (χ1v) is 4.73. The molecule has 4 heteroatoms. The molecule has 1 rings (SSSR count). The molecule has 0 spiro atoms. The summed E-state index contributed by atoms with van der Waals surface area (Å²) in [6.07, 6.45) is 1.10. The number of pyridine rings is 1. The lowest BCUT2D eigenvalue weighted by atomic mass is 10.3. The van der Waals surface area contributed by atoms with Crippen LogP contribution in [0.4, 0.5) is 5.82 Å². The highest BCUT2D eigenvalue weighted by atomic mass is 35.5. The standard InChI is InChI=1S/C9H14ClN3/c1-2-5-12-6-8-7(10)3-4-9(11)13-8/h3-4,12H,2,5-6H2,1H3,(H2,11,13). The number of halogens is 1. The van der Waals surface area contributed by atoms with Gasteiger partial charge in [0.05, 0.1) is 10.7 Å². The summed E-state index contributed by atoms with van der Waals surface area (Å²) < 4.78 is 0. The molecule has 0 unspecified atom stereocenters. The Morgan fingerprint density at radius 3 is 3.00 bits per heavy atom. The average molecular weight is 200 g/mol. The molecule has 3 N–H and O–H groups in total.